The number of carbonyl (C=O) groups excluding carboxylic acids is 2. The van der Waals surface area contributed by atoms with Gasteiger partial charge < -0.3 is 14.4 Å². The van der Waals surface area contributed by atoms with Gasteiger partial charge in [-0.3, -0.25) is 9.35 Å². The van der Waals surface area contributed by atoms with E-state index in [9.17, 15) is 31.2 Å². The summed E-state index contributed by atoms with van der Waals surface area (Å²) in [4.78, 5) is 27.2. The Bertz CT molecular complexity index is 867. The van der Waals surface area contributed by atoms with E-state index in [1.807, 2.05) is 20.8 Å². The van der Waals surface area contributed by atoms with Gasteiger partial charge >= 0.3 is 18.2 Å². The molecule has 0 aromatic heterocycles. The third kappa shape index (κ3) is 5.16. The van der Waals surface area contributed by atoms with Crippen molar-refractivity contribution in [3.05, 3.63) is 0 Å². The molecule has 32 heavy (non-hydrogen) atoms. The van der Waals surface area contributed by atoms with Gasteiger partial charge in [0.05, 0.1) is 5.41 Å². The molecule has 1 amide bonds. The molecule has 0 saturated heterocycles. The van der Waals surface area contributed by atoms with E-state index in [1.165, 1.54) is 4.90 Å². The summed E-state index contributed by atoms with van der Waals surface area (Å²) in [6.07, 6.45) is -6.23. The summed E-state index contributed by atoms with van der Waals surface area (Å²) in [6, 6.07) is 0. The average molecular weight is 486 g/mol. The van der Waals surface area contributed by atoms with E-state index in [2.05, 4.69) is 4.74 Å². The minimum atomic E-state index is -5.16. The van der Waals surface area contributed by atoms with Crippen molar-refractivity contribution >= 4 is 22.2 Å². The Kier molecular flexibility index (Phi) is 6.07. The molecule has 3 atom stereocenters. The summed E-state index contributed by atoms with van der Waals surface area (Å²) in [5.41, 5.74) is -2.77. The highest BCUT2D eigenvalue weighted by atomic mass is 32.2. The lowest BCUT2D eigenvalue weighted by atomic mass is 9.48. The van der Waals surface area contributed by atoms with E-state index >= 15 is 0 Å². The molecule has 3 unspecified atom stereocenters. The first-order chi connectivity index (χ1) is 14.3. The molecule has 1 N–H and O–H groups in total. The molecule has 0 aromatic rings. The monoisotopic (exact) mass is 485 g/mol. The SMILES string of the molecule is CN(C(=O)OC12CC3CC(C1)CC(C(=O)OC(CS(=O)(=O)O)C(F)(F)F)(C3)C2)C(C)(C)C. The molecular weight excluding hydrogens is 455 g/mol. The third-order valence-corrected chi connectivity index (χ3v) is 7.72. The van der Waals surface area contributed by atoms with Crippen LogP contribution in [0.15, 0.2) is 0 Å². The first-order valence-corrected chi connectivity index (χ1v) is 12.1. The van der Waals surface area contributed by atoms with E-state index in [0.717, 1.165) is 6.42 Å². The molecule has 4 aliphatic carbocycles. The van der Waals surface area contributed by atoms with E-state index < -0.39 is 56.8 Å². The number of alkyl halides is 3. The van der Waals surface area contributed by atoms with Crippen LogP contribution in [-0.2, 0) is 24.4 Å². The minimum absolute atomic E-state index is 0.0116. The number of nitrogens with zero attached hydrogens (tertiary/aromatic N) is 1. The zero-order chi connectivity index (χ0) is 24.3. The number of hydrogen-bond donors (Lipinski definition) is 1. The summed E-state index contributed by atoms with van der Waals surface area (Å²) < 4.78 is 81.4. The van der Waals surface area contributed by atoms with Gasteiger partial charge in [0.15, 0.2) is 0 Å². The third-order valence-electron chi connectivity index (χ3n) is 7.00. The summed E-state index contributed by atoms with van der Waals surface area (Å²) >= 11 is 0. The Labute approximate surface area is 185 Å². The van der Waals surface area contributed by atoms with Crippen LogP contribution in [0.25, 0.3) is 0 Å². The van der Waals surface area contributed by atoms with Crippen LogP contribution in [0.1, 0.15) is 59.3 Å². The lowest BCUT2D eigenvalue weighted by molar-refractivity contribution is -0.234. The molecule has 0 spiro atoms. The predicted molar refractivity (Wildman–Crippen MR) is 106 cm³/mol. The van der Waals surface area contributed by atoms with E-state index in [0.29, 0.717) is 25.7 Å². The van der Waals surface area contributed by atoms with Crippen molar-refractivity contribution in [2.45, 2.75) is 82.7 Å². The highest BCUT2D eigenvalue weighted by molar-refractivity contribution is 7.85. The maximum absolute atomic E-state index is 13.3. The maximum atomic E-state index is 13.3. The first-order valence-electron chi connectivity index (χ1n) is 10.5. The number of carbonyl (C=O) groups is 2. The average Bonchev–Trinajstić information content (AvgIpc) is 2.55. The summed E-state index contributed by atoms with van der Waals surface area (Å²) in [6.45, 7) is 5.50. The Hall–Kier alpha value is -1.56. The van der Waals surface area contributed by atoms with Crippen molar-refractivity contribution in [1.29, 1.82) is 0 Å². The molecule has 4 fully saturated rings. The second-order valence-corrected chi connectivity index (χ2v) is 12.2. The second kappa shape index (κ2) is 7.75. The molecule has 4 bridgehead atoms. The molecule has 0 radical (unpaired) electrons. The molecular formula is C20H30F3NO7S. The van der Waals surface area contributed by atoms with Gasteiger partial charge in [-0.15, -0.1) is 0 Å². The molecule has 184 valence electrons. The molecule has 4 rings (SSSR count). The van der Waals surface area contributed by atoms with Crippen LogP contribution in [0.4, 0.5) is 18.0 Å². The zero-order valence-corrected chi connectivity index (χ0v) is 19.4. The molecule has 8 nitrogen and oxygen atoms in total. The summed E-state index contributed by atoms with van der Waals surface area (Å²) in [5.74, 6) is -2.94. The Morgan fingerprint density at radius 3 is 2.09 bits per heavy atom. The zero-order valence-electron chi connectivity index (χ0n) is 18.6. The van der Waals surface area contributed by atoms with Crippen LogP contribution >= 0.6 is 0 Å². The van der Waals surface area contributed by atoms with Gasteiger partial charge in [-0.1, -0.05) is 0 Å². The van der Waals surface area contributed by atoms with Crippen LogP contribution in [-0.4, -0.2) is 66.2 Å². The molecule has 12 heteroatoms. The van der Waals surface area contributed by atoms with Crippen molar-refractivity contribution < 1.29 is 45.2 Å². The van der Waals surface area contributed by atoms with Gasteiger partial charge in [0.1, 0.15) is 11.4 Å². The largest absolute Gasteiger partial charge is 0.451 e. The Balaban J connectivity index is 1.83. The number of esters is 1. The maximum Gasteiger partial charge on any atom is 0.426 e. The molecule has 0 heterocycles. The minimum Gasteiger partial charge on any atom is -0.451 e. The first kappa shape index (κ1) is 25.1. The standard InChI is InChI=1S/C20H30F3NO7S/c1-17(2,3)24(4)16(26)31-19-8-12-5-13(9-19)7-18(6-12,11-19)15(25)30-14(20(21,22)23)10-32(27,28)29/h12-14H,5-11H2,1-4H3,(H,27,28,29). The van der Waals surface area contributed by atoms with Gasteiger partial charge in [-0.25, -0.2) is 4.79 Å². The van der Waals surface area contributed by atoms with Crippen molar-refractivity contribution in [2.24, 2.45) is 17.3 Å². The molecule has 0 aromatic carbocycles. The quantitative estimate of drug-likeness (QED) is 0.468. The molecule has 4 aliphatic rings. The number of rotatable bonds is 5. The van der Waals surface area contributed by atoms with Gasteiger partial charge in [-0.05, 0) is 64.7 Å². The summed E-state index contributed by atoms with van der Waals surface area (Å²) in [7, 11) is -3.44. The van der Waals surface area contributed by atoms with Gasteiger partial charge in [0.25, 0.3) is 10.1 Å². The fourth-order valence-corrected chi connectivity index (χ4v) is 6.34. The van der Waals surface area contributed by atoms with Crippen molar-refractivity contribution in [2.75, 3.05) is 12.8 Å². The Morgan fingerprint density at radius 1 is 1.12 bits per heavy atom. The van der Waals surface area contributed by atoms with Crippen molar-refractivity contribution in [3.8, 4) is 0 Å². The fraction of sp³-hybridized carbons (Fsp3) is 0.900. The van der Waals surface area contributed by atoms with Crippen molar-refractivity contribution in [3.63, 3.8) is 0 Å². The normalized spacial score (nSPS) is 33.0. The van der Waals surface area contributed by atoms with Crippen LogP contribution in [0.2, 0.25) is 0 Å². The molecule has 0 aliphatic heterocycles. The smallest absolute Gasteiger partial charge is 0.426 e. The van der Waals surface area contributed by atoms with E-state index in [1.54, 1.807) is 7.05 Å². The molecule has 4 saturated carbocycles. The van der Waals surface area contributed by atoms with Gasteiger partial charge in [0, 0.05) is 19.0 Å². The topological polar surface area (TPSA) is 110 Å². The van der Waals surface area contributed by atoms with Crippen LogP contribution in [0, 0.1) is 17.3 Å². The van der Waals surface area contributed by atoms with Crippen LogP contribution < -0.4 is 0 Å². The Morgan fingerprint density at radius 2 is 1.66 bits per heavy atom. The number of amides is 1. The van der Waals surface area contributed by atoms with Gasteiger partial charge in [-0.2, -0.15) is 21.6 Å². The second-order valence-electron chi connectivity index (χ2n) is 10.7. The summed E-state index contributed by atoms with van der Waals surface area (Å²) in [5, 5.41) is 0. The lowest BCUT2D eigenvalue weighted by Gasteiger charge is -2.60. The van der Waals surface area contributed by atoms with Gasteiger partial charge in [0.2, 0.25) is 6.10 Å². The fourth-order valence-electron chi connectivity index (χ4n) is 5.71. The predicted octanol–water partition coefficient (Wildman–Crippen LogP) is 3.55. The number of hydrogen-bond acceptors (Lipinski definition) is 6. The highest BCUT2D eigenvalue weighted by Crippen LogP contribution is 2.63. The number of halogens is 3. The lowest BCUT2D eigenvalue weighted by Crippen LogP contribution is -2.61. The van der Waals surface area contributed by atoms with Crippen LogP contribution in [0.5, 0.6) is 0 Å². The van der Waals surface area contributed by atoms with E-state index in [-0.39, 0.29) is 18.3 Å². The highest BCUT2D eigenvalue weighted by Gasteiger charge is 2.64. The van der Waals surface area contributed by atoms with Crippen molar-refractivity contribution in [1.82, 2.24) is 4.90 Å². The number of ether oxygens (including phenoxy) is 2. The van der Waals surface area contributed by atoms with E-state index in [4.69, 9.17) is 9.29 Å². The van der Waals surface area contributed by atoms with Crippen LogP contribution in [0.3, 0.4) is 0 Å².